The molecule has 1 fully saturated rings. The third-order valence-corrected chi connectivity index (χ3v) is 5.39. The van der Waals surface area contributed by atoms with E-state index in [0.29, 0.717) is 18.5 Å². The van der Waals surface area contributed by atoms with E-state index in [0.717, 1.165) is 4.88 Å². The summed E-state index contributed by atoms with van der Waals surface area (Å²) in [4.78, 5) is 1.03. The molecule has 0 unspecified atom stereocenters. The van der Waals surface area contributed by atoms with Crippen molar-refractivity contribution in [2.45, 2.75) is 37.3 Å². The zero-order valence-electron chi connectivity index (χ0n) is 11.8. The highest BCUT2D eigenvalue weighted by molar-refractivity contribution is 7.10. The van der Waals surface area contributed by atoms with Crippen LogP contribution in [0.25, 0.3) is 0 Å². The molecule has 2 nitrogen and oxygen atoms in total. The molecule has 1 heterocycles. The summed E-state index contributed by atoms with van der Waals surface area (Å²) in [5, 5.41) is 16.1. The Kier molecular flexibility index (Phi) is 3.92. The first kappa shape index (κ1) is 13.8. The first-order valence-electron chi connectivity index (χ1n) is 7.21. The second-order valence-electron chi connectivity index (χ2n) is 5.83. The van der Waals surface area contributed by atoms with Crippen molar-refractivity contribution in [3.05, 3.63) is 58.3 Å². The fourth-order valence-corrected chi connectivity index (χ4v) is 3.63. The molecule has 0 aliphatic heterocycles. The van der Waals surface area contributed by atoms with E-state index in [1.54, 1.807) is 11.3 Å². The standard InChI is InChI=1S/C17H21NOS/c1-17(19,16-8-5-11-20-16)12-18-15-10-9-14(15)13-6-3-2-4-7-13/h2-8,11,14-15,18-19H,9-10,12H2,1H3/t14-,15-,17-/m0/s1. The van der Waals surface area contributed by atoms with Crippen molar-refractivity contribution in [1.82, 2.24) is 5.32 Å². The van der Waals surface area contributed by atoms with Crippen LogP contribution in [0.15, 0.2) is 47.8 Å². The molecule has 3 rings (SSSR count). The predicted molar refractivity (Wildman–Crippen MR) is 84.1 cm³/mol. The van der Waals surface area contributed by atoms with Gasteiger partial charge in [-0.25, -0.2) is 0 Å². The molecule has 0 bridgehead atoms. The summed E-state index contributed by atoms with van der Waals surface area (Å²) >= 11 is 1.61. The van der Waals surface area contributed by atoms with E-state index in [1.165, 1.54) is 18.4 Å². The third kappa shape index (κ3) is 2.80. The minimum Gasteiger partial charge on any atom is -0.383 e. The number of nitrogens with one attached hydrogen (secondary N) is 1. The van der Waals surface area contributed by atoms with Crippen LogP contribution in [0.5, 0.6) is 0 Å². The van der Waals surface area contributed by atoms with E-state index >= 15 is 0 Å². The molecule has 2 aromatic rings. The second-order valence-corrected chi connectivity index (χ2v) is 6.78. The van der Waals surface area contributed by atoms with E-state index in [9.17, 15) is 5.11 Å². The van der Waals surface area contributed by atoms with Gasteiger partial charge in [0, 0.05) is 17.5 Å². The lowest BCUT2D eigenvalue weighted by Gasteiger charge is -2.39. The van der Waals surface area contributed by atoms with Crippen LogP contribution in [0, 0.1) is 0 Å². The fraction of sp³-hybridized carbons (Fsp3) is 0.412. The lowest BCUT2D eigenvalue weighted by molar-refractivity contribution is 0.0519. The van der Waals surface area contributed by atoms with Gasteiger partial charge in [-0.3, -0.25) is 0 Å². The third-order valence-electron chi connectivity index (χ3n) is 4.26. The van der Waals surface area contributed by atoms with Crippen molar-refractivity contribution < 1.29 is 5.11 Å². The number of thiophene rings is 1. The van der Waals surface area contributed by atoms with Crippen LogP contribution in [-0.2, 0) is 5.60 Å². The lowest BCUT2D eigenvalue weighted by Crippen LogP contribution is -2.47. The maximum Gasteiger partial charge on any atom is 0.108 e. The van der Waals surface area contributed by atoms with Gasteiger partial charge in [0.15, 0.2) is 0 Å². The molecule has 0 amide bonds. The van der Waals surface area contributed by atoms with Gasteiger partial charge in [0.05, 0.1) is 0 Å². The van der Waals surface area contributed by atoms with Crippen molar-refractivity contribution in [2.24, 2.45) is 0 Å². The van der Waals surface area contributed by atoms with Gasteiger partial charge in [-0.2, -0.15) is 0 Å². The molecule has 1 aromatic heterocycles. The van der Waals surface area contributed by atoms with Crippen LogP contribution in [0.2, 0.25) is 0 Å². The average Bonchev–Trinajstić information content (AvgIpc) is 2.93. The number of benzene rings is 1. The molecular weight excluding hydrogens is 266 g/mol. The van der Waals surface area contributed by atoms with Crippen molar-refractivity contribution in [3.63, 3.8) is 0 Å². The minimum atomic E-state index is -0.773. The Morgan fingerprint density at radius 2 is 2.00 bits per heavy atom. The number of rotatable bonds is 5. The molecule has 1 aliphatic rings. The van der Waals surface area contributed by atoms with Crippen molar-refractivity contribution >= 4 is 11.3 Å². The molecule has 1 aliphatic carbocycles. The highest BCUT2D eigenvalue weighted by Crippen LogP contribution is 2.37. The highest BCUT2D eigenvalue weighted by Gasteiger charge is 2.34. The topological polar surface area (TPSA) is 32.3 Å². The molecule has 2 N–H and O–H groups in total. The molecule has 3 heteroatoms. The average molecular weight is 287 g/mol. The monoisotopic (exact) mass is 287 g/mol. The Labute approximate surface area is 124 Å². The van der Waals surface area contributed by atoms with Gasteiger partial charge in [0.1, 0.15) is 5.60 Å². The Bertz CT molecular complexity index is 535. The molecule has 0 radical (unpaired) electrons. The number of aliphatic hydroxyl groups is 1. The molecule has 106 valence electrons. The molecule has 1 saturated carbocycles. The molecule has 0 spiro atoms. The van der Waals surface area contributed by atoms with E-state index < -0.39 is 5.60 Å². The second kappa shape index (κ2) is 5.68. The van der Waals surface area contributed by atoms with Gasteiger partial charge in [-0.1, -0.05) is 36.4 Å². The summed E-state index contributed by atoms with van der Waals surface area (Å²) in [5.41, 5.74) is 0.636. The van der Waals surface area contributed by atoms with Crippen LogP contribution in [-0.4, -0.2) is 17.7 Å². The van der Waals surface area contributed by atoms with Crippen LogP contribution < -0.4 is 5.32 Å². The molecular formula is C17H21NOS. The van der Waals surface area contributed by atoms with Crippen molar-refractivity contribution in [2.75, 3.05) is 6.54 Å². The summed E-state index contributed by atoms with van der Waals surface area (Å²) in [7, 11) is 0. The summed E-state index contributed by atoms with van der Waals surface area (Å²) in [6.45, 7) is 2.50. The zero-order valence-corrected chi connectivity index (χ0v) is 12.6. The van der Waals surface area contributed by atoms with Gasteiger partial charge in [-0.05, 0) is 42.7 Å². The largest absolute Gasteiger partial charge is 0.383 e. The van der Waals surface area contributed by atoms with E-state index in [2.05, 4.69) is 35.6 Å². The summed E-state index contributed by atoms with van der Waals surface area (Å²) < 4.78 is 0. The van der Waals surface area contributed by atoms with Gasteiger partial charge in [0.2, 0.25) is 0 Å². The van der Waals surface area contributed by atoms with Gasteiger partial charge < -0.3 is 10.4 Å². The smallest absolute Gasteiger partial charge is 0.108 e. The molecule has 20 heavy (non-hydrogen) atoms. The highest BCUT2D eigenvalue weighted by atomic mass is 32.1. The van der Waals surface area contributed by atoms with Crippen LogP contribution in [0.1, 0.15) is 36.1 Å². The van der Waals surface area contributed by atoms with E-state index in [-0.39, 0.29) is 0 Å². The Morgan fingerprint density at radius 1 is 1.20 bits per heavy atom. The zero-order chi connectivity index (χ0) is 14.0. The van der Waals surface area contributed by atoms with Crippen molar-refractivity contribution in [3.8, 4) is 0 Å². The lowest BCUT2D eigenvalue weighted by atomic mass is 9.75. The summed E-state index contributed by atoms with van der Waals surface area (Å²) in [6, 6.07) is 15.2. The van der Waals surface area contributed by atoms with Crippen molar-refractivity contribution in [1.29, 1.82) is 0 Å². The molecule has 1 aromatic carbocycles. The summed E-state index contributed by atoms with van der Waals surface area (Å²) in [5.74, 6) is 0.593. The Morgan fingerprint density at radius 3 is 2.60 bits per heavy atom. The SMILES string of the molecule is C[C@](O)(CN[C@H]1CC[C@H]1c1ccccc1)c1cccs1. The van der Waals surface area contributed by atoms with Crippen LogP contribution >= 0.6 is 11.3 Å². The van der Waals surface area contributed by atoms with Gasteiger partial charge >= 0.3 is 0 Å². The predicted octanol–water partition coefficient (Wildman–Crippen LogP) is 3.49. The van der Waals surface area contributed by atoms with Gasteiger partial charge in [-0.15, -0.1) is 11.3 Å². The van der Waals surface area contributed by atoms with E-state index in [1.807, 2.05) is 24.4 Å². The quantitative estimate of drug-likeness (QED) is 0.882. The Hall–Kier alpha value is -1.16. The first-order chi connectivity index (χ1) is 9.67. The first-order valence-corrected chi connectivity index (χ1v) is 8.09. The maximum absolute atomic E-state index is 10.5. The minimum absolute atomic E-state index is 0.490. The summed E-state index contributed by atoms with van der Waals surface area (Å²) in [6.07, 6.45) is 2.43. The van der Waals surface area contributed by atoms with Gasteiger partial charge in [0.25, 0.3) is 0 Å². The molecule has 3 atom stereocenters. The number of hydrogen-bond donors (Lipinski definition) is 2. The van der Waals surface area contributed by atoms with E-state index in [4.69, 9.17) is 0 Å². The number of hydrogen-bond acceptors (Lipinski definition) is 3. The van der Waals surface area contributed by atoms with Crippen LogP contribution in [0.4, 0.5) is 0 Å². The Balaban J connectivity index is 1.59. The fourth-order valence-electron chi connectivity index (χ4n) is 2.85. The normalized spacial score (nSPS) is 24.9. The molecule has 0 saturated heterocycles. The van der Waals surface area contributed by atoms with Crippen LogP contribution in [0.3, 0.4) is 0 Å². The maximum atomic E-state index is 10.5.